The molecule has 0 spiro atoms. The maximum absolute atomic E-state index is 13.6. The standard InChI is InChI=1S/C26H26FN7O4S3/c27-16-5-3-15(4-6-16)21-12-20(22-2-1-11-39-22)32-34(21)23(35)14-40-26-30-24-19(25(36)31-26)13-29-33(24)17-7-9-18(10-8-17)41(28,37)38/h1-11,19,21,24,26,29-30H,12-14H2,(H,31,36)(H2,28,37,38). The first-order valence-corrected chi connectivity index (χ1v) is 16.2. The number of nitrogens with one attached hydrogen (secondary N) is 3. The van der Waals surface area contributed by atoms with E-state index < -0.39 is 27.6 Å². The number of sulfonamides is 1. The molecule has 1 aromatic heterocycles. The molecular formula is C26H26FN7O4S3. The van der Waals surface area contributed by atoms with Crippen molar-refractivity contribution in [1.82, 2.24) is 21.1 Å². The number of nitrogens with zero attached hydrogens (tertiary/aromatic N) is 3. The Hall–Kier alpha value is -3.34. The number of benzene rings is 2. The number of anilines is 1. The van der Waals surface area contributed by atoms with Crippen LogP contribution in [0.25, 0.3) is 0 Å². The number of carbonyl (C=O) groups is 2. The smallest absolute Gasteiger partial charge is 0.253 e. The molecule has 5 N–H and O–H groups in total. The van der Waals surface area contributed by atoms with E-state index in [2.05, 4.69) is 21.2 Å². The first-order valence-electron chi connectivity index (χ1n) is 12.7. The van der Waals surface area contributed by atoms with Crippen molar-refractivity contribution in [2.75, 3.05) is 17.3 Å². The molecule has 3 aliphatic rings. The van der Waals surface area contributed by atoms with Crippen LogP contribution in [0.1, 0.15) is 22.9 Å². The molecule has 214 valence electrons. The van der Waals surface area contributed by atoms with Gasteiger partial charge in [-0.25, -0.2) is 28.4 Å². The van der Waals surface area contributed by atoms with Crippen molar-refractivity contribution in [3.05, 3.63) is 82.3 Å². The topological polar surface area (TPSA) is 149 Å². The third kappa shape index (κ3) is 5.73. The Morgan fingerprint density at radius 1 is 1.15 bits per heavy atom. The monoisotopic (exact) mass is 615 g/mol. The Balaban J connectivity index is 1.15. The normalized spacial score (nSPS) is 24.2. The van der Waals surface area contributed by atoms with Gasteiger partial charge in [-0.15, -0.1) is 23.1 Å². The highest BCUT2D eigenvalue weighted by molar-refractivity contribution is 8.00. The van der Waals surface area contributed by atoms with Gasteiger partial charge in [-0.3, -0.25) is 19.9 Å². The molecule has 3 aromatic rings. The quantitative estimate of drug-likeness (QED) is 0.315. The summed E-state index contributed by atoms with van der Waals surface area (Å²) in [7, 11) is -3.83. The van der Waals surface area contributed by atoms with Gasteiger partial charge < -0.3 is 5.32 Å². The molecule has 11 nitrogen and oxygen atoms in total. The second kappa shape index (κ2) is 11.2. The largest absolute Gasteiger partial charge is 0.331 e. The fraction of sp³-hybridized carbons (Fsp3) is 0.269. The van der Waals surface area contributed by atoms with Gasteiger partial charge in [-0.1, -0.05) is 18.2 Å². The molecule has 0 bridgehead atoms. The van der Waals surface area contributed by atoms with Crippen molar-refractivity contribution in [2.45, 2.75) is 29.0 Å². The van der Waals surface area contributed by atoms with Crippen LogP contribution in [-0.2, 0) is 19.6 Å². The molecule has 4 heterocycles. The van der Waals surface area contributed by atoms with Crippen LogP contribution in [0.5, 0.6) is 0 Å². The number of hydrazine groups is 1. The number of fused-ring (bicyclic) bond motifs is 1. The zero-order valence-electron chi connectivity index (χ0n) is 21.4. The molecule has 2 fully saturated rings. The van der Waals surface area contributed by atoms with E-state index >= 15 is 0 Å². The van der Waals surface area contributed by atoms with Crippen LogP contribution in [0.4, 0.5) is 10.1 Å². The second-order valence-electron chi connectivity index (χ2n) is 9.72. The predicted molar refractivity (Wildman–Crippen MR) is 155 cm³/mol. The summed E-state index contributed by atoms with van der Waals surface area (Å²) in [6.45, 7) is 0.379. The van der Waals surface area contributed by atoms with Gasteiger partial charge in [0, 0.05) is 13.0 Å². The fourth-order valence-corrected chi connectivity index (χ4v) is 7.19. The summed E-state index contributed by atoms with van der Waals surface area (Å²) in [4.78, 5) is 27.3. The zero-order chi connectivity index (χ0) is 28.7. The number of hydrazone groups is 1. The number of primary sulfonamides is 1. The summed E-state index contributed by atoms with van der Waals surface area (Å²) in [5, 5.41) is 21.3. The molecule has 4 atom stereocenters. The Bertz CT molecular complexity index is 1580. The number of hydrogen-bond acceptors (Lipinski definition) is 10. The molecule has 0 aliphatic carbocycles. The van der Waals surface area contributed by atoms with Crippen LogP contribution in [-0.4, -0.2) is 54.9 Å². The van der Waals surface area contributed by atoms with Crippen LogP contribution < -0.4 is 26.2 Å². The summed E-state index contributed by atoms with van der Waals surface area (Å²) >= 11 is 2.78. The third-order valence-electron chi connectivity index (χ3n) is 7.12. The molecule has 2 amide bonds. The third-order valence-corrected chi connectivity index (χ3v) is 9.97. The lowest BCUT2D eigenvalue weighted by molar-refractivity contribution is -0.130. The predicted octanol–water partition coefficient (Wildman–Crippen LogP) is 1.92. The Labute approximate surface area is 244 Å². The number of thiophene rings is 1. The molecule has 6 rings (SSSR count). The van der Waals surface area contributed by atoms with Crippen LogP contribution in [0.2, 0.25) is 0 Å². The minimum atomic E-state index is -3.83. The first kappa shape index (κ1) is 27.8. The summed E-state index contributed by atoms with van der Waals surface area (Å²) in [5.41, 5.74) is 4.85. The molecule has 2 saturated heterocycles. The molecule has 0 radical (unpaired) electrons. The summed E-state index contributed by atoms with van der Waals surface area (Å²) < 4.78 is 36.8. The van der Waals surface area contributed by atoms with E-state index in [0.29, 0.717) is 18.7 Å². The van der Waals surface area contributed by atoms with Gasteiger partial charge in [0.1, 0.15) is 17.5 Å². The van der Waals surface area contributed by atoms with Gasteiger partial charge in [0.15, 0.2) is 0 Å². The van der Waals surface area contributed by atoms with Gasteiger partial charge in [0.2, 0.25) is 15.9 Å². The maximum atomic E-state index is 13.6. The highest BCUT2D eigenvalue weighted by Crippen LogP contribution is 2.35. The van der Waals surface area contributed by atoms with Crippen LogP contribution in [0.3, 0.4) is 0 Å². The highest BCUT2D eigenvalue weighted by Gasteiger charge is 2.44. The van der Waals surface area contributed by atoms with E-state index in [1.54, 1.807) is 40.6 Å². The van der Waals surface area contributed by atoms with Crippen LogP contribution >= 0.6 is 23.1 Å². The lowest BCUT2D eigenvalue weighted by atomic mass is 10.0. The van der Waals surface area contributed by atoms with E-state index in [1.807, 2.05) is 17.5 Å². The second-order valence-corrected chi connectivity index (χ2v) is 13.3. The Morgan fingerprint density at radius 2 is 1.90 bits per heavy atom. The van der Waals surface area contributed by atoms with Gasteiger partial charge in [-0.05, 0) is 53.4 Å². The highest BCUT2D eigenvalue weighted by atomic mass is 32.2. The number of carbonyl (C=O) groups excluding carboxylic acids is 2. The molecule has 41 heavy (non-hydrogen) atoms. The van der Waals surface area contributed by atoms with E-state index in [0.717, 1.165) is 16.2 Å². The maximum Gasteiger partial charge on any atom is 0.253 e. The number of rotatable bonds is 7. The molecule has 15 heteroatoms. The number of halogens is 1. The lowest BCUT2D eigenvalue weighted by Gasteiger charge is -2.37. The number of thioether (sulfide) groups is 1. The first-order chi connectivity index (χ1) is 19.7. The fourth-order valence-electron chi connectivity index (χ4n) is 5.08. The average molecular weight is 616 g/mol. The van der Waals surface area contributed by atoms with Crippen LogP contribution in [0.15, 0.2) is 76.0 Å². The van der Waals surface area contributed by atoms with Crippen molar-refractivity contribution in [1.29, 1.82) is 0 Å². The lowest BCUT2D eigenvalue weighted by Crippen LogP contribution is -2.63. The van der Waals surface area contributed by atoms with E-state index in [1.165, 1.54) is 41.0 Å². The van der Waals surface area contributed by atoms with Crippen LogP contribution in [0, 0.1) is 11.7 Å². The summed E-state index contributed by atoms with van der Waals surface area (Å²) in [6, 6.07) is 15.6. The van der Waals surface area contributed by atoms with E-state index in [-0.39, 0.29) is 34.3 Å². The number of amides is 2. The van der Waals surface area contributed by atoms with Crippen molar-refractivity contribution in [3.63, 3.8) is 0 Å². The molecule has 4 unspecified atom stereocenters. The average Bonchev–Trinajstić information content (AvgIpc) is 3.72. The van der Waals surface area contributed by atoms with E-state index in [9.17, 15) is 22.4 Å². The van der Waals surface area contributed by atoms with Crippen molar-refractivity contribution in [2.24, 2.45) is 16.2 Å². The van der Waals surface area contributed by atoms with Gasteiger partial charge >= 0.3 is 0 Å². The van der Waals surface area contributed by atoms with Crippen molar-refractivity contribution < 1.29 is 22.4 Å². The molecule has 3 aliphatic heterocycles. The number of nitrogens with two attached hydrogens (primary N) is 1. The molecule has 2 aromatic carbocycles. The SMILES string of the molecule is NS(=O)(=O)c1ccc(N2NCC3C(=O)NC(SCC(=O)N4N=C(c5cccs5)CC4c4ccc(F)cc4)NC32)cc1. The van der Waals surface area contributed by atoms with Gasteiger partial charge in [0.05, 0.1) is 38.9 Å². The Kier molecular flexibility index (Phi) is 7.56. The van der Waals surface area contributed by atoms with Crippen molar-refractivity contribution >= 4 is 56.3 Å². The zero-order valence-corrected chi connectivity index (χ0v) is 23.9. The Morgan fingerprint density at radius 3 is 2.59 bits per heavy atom. The minimum absolute atomic E-state index is 0.0102. The van der Waals surface area contributed by atoms with Gasteiger partial charge in [0.25, 0.3) is 5.91 Å². The summed E-state index contributed by atoms with van der Waals surface area (Å²) in [6.07, 6.45) is 0.0779. The van der Waals surface area contributed by atoms with Crippen molar-refractivity contribution in [3.8, 4) is 0 Å². The van der Waals surface area contributed by atoms with E-state index in [4.69, 9.17) is 5.14 Å². The molecule has 0 saturated carbocycles. The minimum Gasteiger partial charge on any atom is -0.331 e. The number of hydrogen-bond donors (Lipinski definition) is 4. The summed E-state index contributed by atoms with van der Waals surface area (Å²) in [5.74, 6) is -1.13. The molecular weight excluding hydrogens is 590 g/mol. The van der Waals surface area contributed by atoms with Gasteiger partial charge in [-0.2, -0.15) is 5.10 Å².